The molecule has 1 fully saturated rings. The van der Waals surface area contributed by atoms with Crippen molar-refractivity contribution in [2.45, 2.75) is 45.1 Å². The summed E-state index contributed by atoms with van der Waals surface area (Å²) in [4.78, 5) is 16.3. The van der Waals surface area contributed by atoms with Crippen LogP contribution in [0.25, 0.3) is 5.65 Å². The summed E-state index contributed by atoms with van der Waals surface area (Å²) < 4.78 is 7.27. The number of imidazole rings is 1. The van der Waals surface area contributed by atoms with Gasteiger partial charge in [0, 0.05) is 18.4 Å². The highest BCUT2D eigenvalue weighted by atomic mass is 16.6. The molecule has 0 aliphatic heterocycles. The monoisotopic (exact) mass is 273 g/mol. The highest BCUT2D eigenvalue weighted by molar-refractivity contribution is 5.73. The summed E-state index contributed by atoms with van der Waals surface area (Å²) in [6.45, 7) is 1.92. The molecule has 0 atom stereocenters. The quantitative estimate of drug-likeness (QED) is 0.915. The van der Waals surface area contributed by atoms with Crippen LogP contribution in [0.3, 0.4) is 0 Å². The Morgan fingerprint density at radius 1 is 1.40 bits per heavy atom. The van der Waals surface area contributed by atoms with Crippen LogP contribution >= 0.6 is 0 Å². The van der Waals surface area contributed by atoms with Crippen molar-refractivity contribution in [3.63, 3.8) is 0 Å². The van der Waals surface area contributed by atoms with Gasteiger partial charge in [0.25, 0.3) is 0 Å². The van der Waals surface area contributed by atoms with Gasteiger partial charge in [0.15, 0.2) is 11.4 Å². The van der Waals surface area contributed by atoms with Crippen LogP contribution in [0.1, 0.15) is 37.8 Å². The SMILES string of the molecule is Cc1cn2cccc(OC(=O)NC3CCCCC3)c2n1. The molecule has 0 unspecified atom stereocenters. The van der Waals surface area contributed by atoms with Gasteiger partial charge in [-0.25, -0.2) is 9.78 Å². The number of aryl methyl sites for hydroxylation is 1. The second-order valence-electron chi connectivity index (χ2n) is 5.35. The standard InChI is InChI=1S/C15H19N3O2/c1-11-10-18-9-5-8-13(14(18)16-11)20-15(19)17-12-6-3-2-4-7-12/h5,8-10,12H,2-4,6-7H2,1H3,(H,17,19). The van der Waals surface area contributed by atoms with E-state index in [4.69, 9.17) is 4.74 Å². The van der Waals surface area contributed by atoms with E-state index in [0.717, 1.165) is 18.5 Å². The van der Waals surface area contributed by atoms with Crippen molar-refractivity contribution < 1.29 is 9.53 Å². The minimum atomic E-state index is -0.384. The average Bonchev–Trinajstić information content (AvgIpc) is 2.81. The van der Waals surface area contributed by atoms with E-state index in [9.17, 15) is 4.79 Å². The number of rotatable bonds is 2. The third-order valence-electron chi connectivity index (χ3n) is 3.70. The molecule has 106 valence electrons. The summed E-state index contributed by atoms with van der Waals surface area (Å²) in [7, 11) is 0. The molecule has 0 spiro atoms. The van der Waals surface area contributed by atoms with Crippen LogP contribution in [0.2, 0.25) is 0 Å². The Labute approximate surface area is 118 Å². The van der Waals surface area contributed by atoms with E-state index in [1.165, 1.54) is 19.3 Å². The maximum atomic E-state index is 12.0. The lowest BCUT2D eigenvalue weighted by molar-refractivity contribution is 0.192. The van der Waals surface area contributed by atoms with Crippen molar-refractivity contribution in [3.8, 4) is 5.75 Å². The topological polar surface area (TPSA) is 55.6 Å². The first kappa shape index (κ1) is 13.0. The van der Waals surface area contributed by atoms with E-state index < -0.39 is 0 Å². The van der Waals surface area contributed by atoms with Crippen molar-refractivity contribution in [2.24, 2.45) is 0 Å². The Balaban J connectivity index is 1.70. The summed E-state index contributed by atoms with van der Waals surface area (Å²) in [5.41, 5.74) is 1.57. The van der Waals surface area contributed by atoms with Gasteiger partial charge in [-0.05, 0) is 31.9 Å². The summed E-state index contributed by atoms with van der Waals surface area (Å²) in [6.07, 6.45) is 9.12. The first-order valence-electron chi connectivity index (χ1n) is 7.15. The molecule has 0 bridgehead atoms. The van der Waals surface area contributed by atoms with Gasteiger partial charge in [-0.3, -0.25) is 0 Å². The zero-order valence-electron chi connectivity index (χ0n) is 11.6. The van der Waals surface area contributed by atoms with Crippen molar-refractivity contribution >= 4 is 11.7 Å². The van der Waals surface area contributed by atoms with Gasteiger partial charge in [0.2, 0.25) is 0 Å². The third kappa shape index (κ3) is 2.76. The number of aromatic nitrogens is 2. The van der Waals surface area contributed by atoms with Crippen molar-refractivity contribution in [1.29, 1.82) is 0 Å². The number of amides is 1. The molecule has 1 amide bonds. The van der Waals surface area contributed by atoms with Crippen LogP contribution in [0.5, 0.6) is 5.75 Å². The second kappa shape index (κ2) is 5.53. The van der Waals surface area contributed by atoms with E-state index in [2.05, 4.69) is 10.3 Å². The van der Waals surface area contributed by atoms with Crippen LogP contribution < -0.4 is 10.1 Å². The minimum Gasteiger partial charge on any atom is -0.406 e. The molecule has 2 heterocycles. The predicted molar refractivity (Wildman–Crippen MR) is 76.0 cm³/mol. The number of fused-ring (bicyclic) bond motifs is 1. The van der Waals surface area contributed by atoms with Gasteiger partial charge in [-0.15, -0.1) is 0 Å². The molecule has 1 N–H and O–H groups in total. The smallest absolute Gasteiger partial charge is 0.406 e. The fourth-order valence-corrected chi connectivity index (χ4v) is 2.73. The highest BCUT2D eigenvalue weighted by Crippen LogP contribution is 2.20. The van der Waals surface area contributed by atoms with E-state index >= 15 is 0 Å². The maximum absolute atomic E-state index is 12.0. The molecule has 0 saturated heterocycles. The Bertz CT molecular complexity index is 615. The zero-order valence-corrected chi connectivity index (χ0v) is 11.6. The third-order valence-corrected chi connectivity index (χ3v) is 3.70. The molecule has 2 aromatic heterocycles. The number of carbonyl (C=O) groups is 1. The van der Waals surface area contributed by atoms with E-state index in [1.807, 2.05) is 29.8 Å². The molecule has 0 aromatic carbocycles. The molecule has 5 heteroatoms. The molecule has 3 rings (SSSR count). The van der Waals surface area contributed by atoms with Crippen molar-refractivity contribution in [2.75, 3.05) is 0 Å². The maximum Gasteiger partial charge on any atom is 0.412 e. The zero-order chi connectivity index (χ0) is 13.9. The second-order valence-corrected chi connectivity index (χ2v) is 5.35. The molecular weight excluding hydrogens is 254 g/mol. The van der Waals surface area contributed by atoms with Crippen LogP contribution in [-0.4, -0.2) is 21.5 Å². The Morgan fingerprint density at radius 3 is 3.00 bits per heavy atom. The molecular formula is C15H19N3O2. The van der Waals surface area contributed by atoms with Crippen molar-refractivity contribution in [1.82, 2.24) is 14.7 Å². The largest absolute Gasteiger partial charge is 0.412 e. The Kier molecular flexibility index (Phi) is 3.58. The van der Waals surface area contributed by atoms with Crippen LogP contribution in [0.15, 0.2) is 24.5 Å². The normalized spacial score (nSPS) is 16.2. The van der Waals surface area contributed by atoms with Crippen LogP contribution in [0, 0.1) is 6.92 Å². The fourth-order valence-electron chi connectivity index (χ4n) is 2.73. The molecule has 20 heavy (non-hydrogen) atoms. The number of ether oxygens (including phenoxy) is 1. The van der Waals surface area contributed by atoms with Gasteiger partial charge in [0.1, 0.15) is 0 Å². The van der Waals surface area contributed by atoms with Crippen molar-refractivity contribution in [3.05, 3.63) is 30.2 Å². The van der Waals surface area contributed by atoms with Gasteiger partial charge in [0.05, 0.1) is 5.69 Å². The molecule has 0 radical (unpaired) electrons. The Hall–Kier alpha value is -2.04. The highest BCUT2D eigenvalue weighted by Gasteiger charge is 2.17. The molecule has 5 nitrogen and oxygen atoms in total. The molecule has 1 aliphatic rings. The molecule has 1 aliphatic carbocycles. The number of carbonyl (C=O) groups excluding carboxylic acids is 1. The summed E-state index contributed by atoms with van der Waals surface area (Å²) in [6, 6.07) is 3.86. The number of hydrogen-bond acceptors (Lipinski definition) is 3. The molecule has 2 aromatic rings. The van der Waals surface area contributed by atoms with Gasteiger partial charge >= 0.3 is 6.09 Å². The lowest BCUT2D eigenvalue weighted by Crippen LogP contribution is -2.38. The summed E-state index contributed by atoms with van der Waals surface area (Å²) in [5, 5.41) is 2.94. The predicted octanol–water partition coefficient (Wildman–Crippen LogP) is 3.06. The number of hydrogen-bond donors (Lipinski definition) is 1. The lowest BCUT2D eigenvalue weighted by atomic mass is 9.96. The van der Waals surface area contributed by atoms with Crippen LogP contribution in [0.4, 0.5) is 4.79 Å². The fraction of sp³-hybridized carbons (Fsp3) is 0.467. The number of nitrogens with one attached hydrogen (secondary N) is 1. The first-order valence-corrected chi connectivity index (χ1v) is 7.15. The summed E-state index contributed by atoms with van der Waals surface area (Å²) >= 11 is 0. The number of nitrogens with zero attached hydrogens (tertiary/aromatic N) is 2. The average molecular weight is 273 g/mol. The minimum absolute atomic E-state index is 0.248. The lowest BCUT2D eigenvalue weighted by Gasteiger charge is -2.22. The Morgan fingerprint density at radius 2 is 2.20 bits per heavy atom. The molecule has 1 saturated carbocycles. The van der Waals surface area contributed by atoms with E-state index in [-0.39, 0.29) is 12.1 Å². The van der Waals surface area contributed by atoms with Gasteiger partial charge in [-0.2, -0.15) is 0 Å². The summed E-state index contributed by atoms with van der Waals surface area (Å²) in [5.74, 6) is 0.494. The number of pyridine rings is 1. The van der Waals surface area contributed by atoms with Gasteiger partial charge in [-0.1, -0.05) is 19.3 Å². The first-order chi connectivity index (χ1) is 9.72. The van der Waals surface area contributed by atoms with E-state index in [0.29, 0.717) is 11.4 Å². The van der Waals surface area contributed by atoms with Gasteiger partial charge < -0.3 is 14.5 Å². The van der Waals surface area contributed by atoms with Crippen LogP contribution in [-0.2, 0) is 0 Å². The van der Waals surface area contributed by atoms with E-state index in [1.54, 1.807) is 6.07 Å².